The van der Waals surface area contributed by atoms with Gasteiger partial charge >= 0.3 is 0 Å². The Morgan fingerprint density at radius 1 is 1.14 bits per heavy atom. The molecule has 1 saturated heterocycles. The van der Waals surface area contributed by atoms with Crippen LogP contribution in [-0.2, 0) is 27.8 Å². The molecule has 0 saturated carbocycles. The summed E-state index contributed by atoms with van der Waals surface area (Å²) >= 11 is 1.61. The van der Waals surface area contributed by atoms with E-state index in [1.165, 1.54) is 4.31 Å². The second kappa shape index (κ2) is 16.8. The Labute approximate surface area is 257 Å². The normalized spacial score (nSPS) is 15.3. The summed E-state index contributed by atoms with van der Waals surface area (Å²) < 4.78 is 27.0. The molecule has 0 unspecified atom stereocenters. The number of hydrogen-bond donors (Lipinski definition) is 5. The molecular formula is C31H40N4O6S2. The van der Waals surface area contributed by atoms with Crippen molar-refractivity contribution in [2.24, 2.45) is 0 Å². The van der Waals surface area contributed by atoms with Crippen LogP contribution in [0.15, 0.2) is 66.6 Å². The van der Waals surface area contributed by atoms with E-state index in [4.69, 9.17) is 9.90 Å². The number of amides is 1. The van der Waals surface area contributed by atoms with E-state index in [0.717, 1.165) is 22.4 Å². The maximum Gasteiger partial charge on any atom is 0.290 e. The van der Waals surface area contributed by atoms with Gasteiger partial charge in [0.15, 0.2) is 0 Å². The van der Waals surface area contributed by atoms with Crippen molar-refractivity contribution >= 4 is 51.2 Å². The van der Waals surface area contributed by atoms with Crippen molar-refractivity contribution in [3.63, 3.8) is 0 Å². The van der Waals surface area contributed by atoms with Gasteiger partial charge in [-0.25, -0.2) is 8.42 Å². The van der Waals surface area contributed by atoms with E-state index in [1.54, 1.807) is 29.5 Å². The first-order valence-corrected chi connectivity index (χ1v) is 16.6. The van der Waals surface area contributed by atoms with Gasteiger partial charge in [0.1, 0.15) is 0 Å². The van der Waals surface area contributed by atoms with Crippen LogP contribution >= 0.6 is 11.3 Å². The van der Waals surface area contributed by atoms with Crippen LogP contribution < -0.4 is 20.3 Å². The zero-order valence-corrected chi connectivity index (χ0v) is 25.9. The molecule has 2 heterocycles. The number of carbonyl (C=O) groups excluding carboxylic acids is 1. The van der Waals surface area contributed by atoms with Crippen LogP contribution in [0.2, 0.25) is 0 Å². The highest BCUT2D eigenvalue weighted by Crippen LogP contribution is 2.28. The molecule has 10 nitrogen and oxygen atoms in total. The predicted molar refractivity (Wildman–Crippen MR) is 173 cm³/mol. The third-order valence-corrected chi connectivity index (χ3v) is 9.68. The van der Waals surface area contributed by atoms with Crippen molar-refractivity contribution < 1.29 is 28.2 Å². The van der Waals surface area contributed by atoms with E-state index in [0.29, 0.717) is 49.4 Å². The summed E-state index contributed by atoms with van der Waals surface area (Å²) in [4.78, 5) is 23.0. The molecule has 4 rings (SSSR count). The Morgan fingerprint density at radius 2 is 1.88 bits per heavy atom. The summed E-state index contributed by atoms with van der Waals surface area (Å²) in [6.45, 7) is 7.37. The summed E-state index contributed by atoms with van der Waals surface area (Å²) in [5.41, 5.74) is 3.57. The molecule has 232 valence electrons. The molecule has 0 spiro atoms. The maximum atomic E-state index is 13.6. The van der Waals surface area contributed by atoms with Crippen LogP contribution in [0.4, 0.5) is 11.4 Å². The van der Waals surface area contributed by atoms with Gasteiger partial charge in [-0.05, 0) is 67.0 Å². The number of nitrogens with one attached hydrogen (secondary N) is 3. The fourth-order valence-electron chi connectivity index (χ4n) is 4.78. The quantitative estimate of drug-likeness (QED) is 0.179. The maximum absolute atomic E-state index is 13.6. The number of aliphatic hydroxyl groups excluding tert-OH is 1. The van der Waals surface area contributed by atoms with Crippen molar-refractivity contribution in [1.82, 2.24) is 10.6 Å². The largest absolute Gasteiger partial charge is 0.483 e. The minimum atomic E-state index is -3.44. The molecule has 12 heteroatoms. The lowest BCUT2D eigenvalue weighted by Gasteiger charge is -2.29. The number of sulfonamides is 1. The minimum absolute atomic E-state index is 0.0958. The van der Waals surface area contributed by atoms with Crippen molar-refractivity contribution in [1.29, 1.82) is 0 Å². The monoisotopic (exact) mass is 628 g/mol. The Hall–Kier alpha value is -3.71. The molecule has 0 radical (unpaired) electrons. The number of aliphatic hydroxyl groups is 1. The highest BCUT2D eigenvalue weighted by Gasteiger charge is 2.28. The average molecular weight is 629 g/mol. The summed E-state index contributed by atoms with van der Waals surface area (Å²) in [6.07, 6.45) is 2.79. The SMILES string of the molecule is C=Cc1cc(CNC[C@@H](O)[C@H](Cc2ccccc2)NC(=O)c2cc(NCC)cc(N3CCCCS3(=O)=O)c2)cs1.O=CO. The number of carboxylic acid groups (broad SMARTS) is 1. The first-order valence-electron chi connectivity index (χ1n) is 14.1. The fraction of sp³-hybridized carbons (Fsp3) is 0.355. The van der Waals surface area contributed by atoms with Crippen LogP contribution in [0.25, 0.3) is 6.08 Å². The number of benzene rings is 2. The molecule has 5 N–H and O–H groups in total. The van der Waals surface area contributed by atoms with E-state index in [1.807, 2.05) is 43.3 Å². The summed E-state index contributed by atoms with van der Waals surface area (Å²) in [5, 5.41) is 29.6. The van der Waals surface area contributed by atoms with Crippen LogP contribution in [0, 0.1) is 0 Å². The number of thiophene rings is 1. The van der Waals surface area contributed by atoms with Crippen LogP contribution in [0.3, 0.4) is 0 Å². The first kappa shape index (κ1) is 33.8. The number of hydrogen-bond acceptors (Lipinski definition) is 8. The Balaban J connectivity index is 0.00000162. The lowest BCUT2D eigenvalue weighted by Crippen LogP contribution is -2.48. The third-order valence-electron chi connectivity index (χ3n) is 6.84. The van der Waals surface area contributed by atoms with Gasteiger partial charge in [0.25, 0.3) is 12.4 Å². The minimum Gasteiger partial charge on any atom is -0.483 e. The fourth-order valence-corrected chi connectivity index (χ4v) is 7.15. The average Bonchev–Trinajstić information content (AvgIpc) is 3.45. The Morgan fingerprint density at radius 3 is 2.53 bits per heavy atom. The number of rotatable bonds is 13. The molecule has 0 bridgehead atoms. The van der Waals surface area contributed by atoms with Gasteiger partial charge in [-0.15, -0.1) is 11.3 Å². The molecule has 2 aromatic carbocycles. The summed E-state index contributed by atoms with van der Waals surface area (Å²) in [7, 11) is -3.44. The summed E-state index contributed by atoms with van der Waals surface area (Å²) in [5.74, 6) is -0.276. The van der Waals surface area contributed by atoms with E-state index < -0.39 is 22.2 Å². The second-order valence-electron chi connectivity index (χ2n) is 10.0. The van der Waals surface area contributed by atoms with Crippen molar-refractivity contribution in [2.75, 3.05) is 35.0 Å². The van der Waals surface area contributed by atoms with Gasteiger partial charge in [0.2, 0.25) is 10.0 Å². The van der Waals surface area contributed by atoms with Gasteiger partial charge in [0.05, 0.1) is 23.6 Å². The molecule has 43 heavy (non-hydrogen) atoms. The number of carbonyl (C=O) groups is 2. The molecule has 0 aliphatic carbocycles. The lowest BCUT2D eigenvalue weighted by molar-refractivity contribution is -0.122. The highest BCUT2D eigenvalue weighted by atomic mass is 32.2. The molecule has 1 aliphatic heterocycles. The van der Waals surface area contributed by atoms with Gasteiger partial charge in [0, 0.05) is 42.3 Å². The topological polar surface area (TPSA) is 148 Å². The molecule has 2 atom stereocenters. The lowest BCUT2D eigenvalue weighted by atomic mass is 10.00. The van der Waals surface area contributed by atoms with Crippen molar-refractivity contribution in [3.05, 3.63) is 88.1 Å². The molecule has 3 aromatic rings. The third kappa shape index (κ3) is 10.2. The Bertz CT molecular complexity index is 1450. The van der Waals surface area contributed by atoms with Crippen molar-refractivity contribution in [2.45, 2.75) is 44.9 Å². The van der Waals surface area contributed by atoms with Crippen molar-refractivity contribution in [3.8, 4) is 0 Å². The van der Waals surface area contributed by atoms with Crippen LogP contribution in [0.1, 0.15) is 46.1 Å². The predicted octanol–water partition coefficient (Wildman–Crippen LogP) is 3.95. The number of nitrogens with zero attached hydrogens (tertiary/aromatic N) is 1. The van der Waals surface area contributed by atoms with Crippen LogP contribution in [0.5, 0.6) is 0 Å². The Kier molecular flexibility index (Phi) is 13.2. The van der Waals surface area contributed by atoms with E-state index in [-0.39, 0.29) is 24.7 Å². The molecule has 1 aromatic heterocycles. The zero-order valence-electron chi connectivity index (χ0n) is 24.2. The molecule has 1 fully saturated rings. The van der Waals surface area contributed by atoms with E-state index >= 15 is 0 Å². The highest BCUT2D eigenvalue weighted by molar-refractivity contribution is 7.92. The van der Waals surface area contributed by atoms with Crippen LogP contribution in [-0.4, -0.2) is 68.5 Å². The smallest absolute Gasteiger partial charge is 0.290 e. The molecular weight excluding hydrogens is 588 g/mol. The first-order chi connectivity index (χ1) is 20.7. The second-order valence-corrected chi connectivity index (χ2v) is 13.0. The van der Waals surface area contributed by atoms with Gasteiger partial charge in [-0.1, -0.05) is 43.0 Å². The number of anilines is 2. The standard InChI is InChI=1S/C30H38N4O4S2.CH2O2/c1-3-27-14-23(21-39-27)19-31-20-29(35)28(15-22-10-6-5-7-11-22)33-30(36)24-16-25(32-4-2)18-26(17-24)34-12-8-9-13-40(34,37)38;2-1-3/h3,5-7,10-11,14,16-18,21,28-29,31-32,35H,1,4,8-9,12-13,15,19-20H2,2H3,(H,33,36);1H,(H,2,3)/t28-,29+;/m0./s1. The summed E-state index contributed by atoms with van der Waals surface area (Å²) in [6, 6.07) is 16.3. The zero-order chi connectivity index (χ0) is 31.2. The molecule has 1 aliphatic rings. The van der Waals surface area contributed by atoms with Gasteiger partial charge in [-0.3, -0.25) is 13.9 Å². The van der Waals surface area contributed by atoms with E-state index in [2.05, 4.69) is 34.0 Å². The van der Waals surface area contributed by atoms with Gasteiger partial charge in [-0.2, -0.15) is 0 Å². The van der Waals surface area contributed by atoms with Gasteiger partial charge < -0.3 is 26.2 Å². The van der Waals surface area contributed by atoms with E-state index in [9.17, 15) is 18.3 Å². The molecule has 1 amide bonds.